The van der Waals surface area contributed by atoms with Gasteiger partial charge in [0.2, 0.25) is 0 Å². The summed E-state index contributed by atoms with van der Waals surface area (Å²) in [5, 5.41) is 2.30. The molecule has 1 nitrogen and oxygen atoms in total. The predicted molar refractivity (Wildman–Crippen MR) is 96.1 cm³/mol. The summed E-state index contributed by atoms with van der Waals surface area (Å²) in [5.74, 6) is 0. The third kappa shape index (κ3) is 3.80. The highest BCUT2D eigenvalue weighted by atomic mass is 32.2. The average Bonchev–Trinajstić information content (AvgIpc) is 2.55. The summed E-state index contributed by atoms with van der Waals surface area (Å²) in [6.07, 6.45) is 0. The molecule has 0 atom stereocenters. The van der Waals surface area contributed by atoms with E-state index < -0.39 is 6.55 Å². The van der Waals surface area contributed by atoms with Gasteiger partial charge in [-0.2, -0.15) is 0 Å². The van der Waals surface area contributed by atoms with Gasteiger partial charge in [-0.3, -0.25) is 13.6 Å². The highest BCUT2D eigenvalue weighted by Gasteiger charge is 2.16. The second kappa shape index (κ2) is 6.96. The topological polar surface area (TPSA) is 12.4 Å². The molecule has 0 fully saturated rings. The summed E-state index contributed by atoms with van der Waals surface area (Å²) >= 11 is 0.524. The van der Waals surface area contributed by atoms with E-state index in [0.29, 0.717) is 22.2 Å². The van der Waals surface area contributed by atoms with Crippen LogP contribution in [0.15, 0.2) is 76.6 Å². The maximum Gasteiger partial charge on any atom is 0.614 e. The second-order valence-electron chi connectivity index (χ2n) is 5.11. The summed E-state index contributed by atoms with van der Waals surface area (Å²) < 4.78 is 25.3. The number of halogens is 2. The molecule has 0 aliphatic carbocycles. The fraction of sp³-hybridized carbons (Fsp3) is 0.0556. The highest BCUT2D eigenvalue weighted by Crippen LogP contribution is 2.32. The molecule has 0 amide bonds. The third-order valence-electron chi connectivity index (χ3n) is 3.54. The molecule has 0 spiro atoms. The van der Waals surface area contributed by atoms with Gasteiger partial charge >= 0.3 is 6.55 Å². The molecule has 3 aromatic carbocycles. The van der Waals surface area contributed by atoms with Gasteiger partial charge in [0.15, 0.2) is 0 Å². The van der Waals surface area contributed by atoms with Crippen LogP contribution in [0.4, 0.5) is 14.3 Å². The lowest BCUT2D eigenvalue weighted by molar-refractivity contribution is 0.700. The maximum atomic E-state index is 12.6. The third-order valence-corrected chi connectivity index (χ3v) is 4.31. The van der Waals surface area contributed by atoms with Crippen molar-refractivity contribution in [1.29, 1.82) is 0 Å². The molecular weight excluding hydrogens is 311 g/mol. The number of benzene rings is 3. The van der Waals surface area contributed by atoms with E-state index in [2.05, 4.69) is 17.1 Å². The Hall–Kier alpha value is -2.14. The zero-order valence-corrected chi connectivity index (χ0v) is 13.4. The molecule has 0 heterocycles. The van der Waals surface area contributed by atoms with Crippen molar-refractivity contribution in [3.8, 4) is 0 Å². The Balaban J connectivity index is 1.98. The standard InChI is InChI=1S/C18H14BF2NS/c1-13(15-11-10-14-6-2-3-7-16(14)12-15)22-17-8-4-5-9-18(17)23-19(20)21/h2-12H,1H3. The van der Waals surface area contributed by atoms with Crippen molar-refractivity contribution in [1.82, 2.24) is 0 Å². The van der Waals surface area contributed by atoms with Gasteiger partial charge in [0.05, 0.1) is 5.69 Å². The van der Waals surface area contributed by atoms with Crippen LogP contribution >= 0.6 is 11.6 Å². The maximum absolute atomic E-state index is 12.6. The minimum atomic E-state index is -2.45. The molecule has 0 radical (unpaired) electrons. The Morgan fingerprint density at radius 3 is 2.39 bits per heavy atom. The molecule has 0 aliphatic heterocycles. The summed E-state index contributed by atoms with van der Waals surface area (Å²) in [6, 6.07) is 21.2. The first-order valence-electron chi connectivity index (χ1n) is 7.22. The van der Waals surface area contributed by atoms with Crippen LogP contribution in [0, 0.1) is 0 Å². The van der Waals surface area contributed by atoms with Gasteiger partial charge in [-0.1, -0.05) is 60.1 Å². The van der Waals surface area contributed by atoms with Crippen LogP contribution < -0.4 is 0 Å². The molecule has 3 rings (SSSR count). The van der Waals surface area contributed by atoms with Crippen LogP contribution in [-0.4, -0.2) is 12.3 Å². The van der Waals surface area contributed by atoms with Crippen molar-refractivity contribution in [2.75, 3.05) is 0 Å². The van der Waals surface area contributed by atoms with Gasteiger partial charge in [0.1, 0.15) is 0 Å². The molecule has 0 aromatic heterocycles. The van der Waals surface area contributed by atoms with Crippen molar-refractivity contribution in [3.05, 3.63) is 72.3 Å². The zero-order valence-electron chi connectivity index (χ0n) is 12.5. The van der Waals surface area contributed by atoms with E-state index in [4.69, 9.17) is 0 Å². The first-order chi connectivity index (χ1) is 11.1. The first-order valence-corrected chi connectivity index (χ1v) is 8.10. The van der Waals surface area contributed by atoms with Crippen molar-refractivity contribution in [2.24, 2.45) is 4.99 Å². The fourth-order valence-electron chi connectivity index (χ4n) is 2.40. The van der Waals surface area contributed by atoms with Gasteiger partial charge in [-0.25, -0.2) is 0 Å². The molecule has 0 aliphatic rings. The molecule has 0 saturated carbocycles. The summed E-state index contributed by atoms with van der Waals surface area (Å²) in [4.78, 5) is 5.04. The largest absolute Gasteiger partial charge is 0.614 e. The average molecular weight is 325 g/mol. The minimum absolute atomic E-state index is 0.489. The second-order valence-corrected chi connectivity index (χ2v) is 6.14. The molecule has 114 valence electrons. The number of aliphatic imine (C=N–C) groups is 1. The van der Waals surface area contributed by atoms with Crippen molar-refractivity contribution in [2.45, 2.75) is 11.8 Å². The quantitative estimate of drug-likeness (QED) is 0.423. The summed E-state index contributed by atoms with van der Waals surface area (Å²) in [6.45, 7) is -0.555. The van der Waals surface area contributed by atoms with Gasteiger partial charge in [-0.05, 0) is 41.5 Å². The molecule has 0 unspecified atom stereocenters. The minimum Gasteiger partial charge on any atom is -0.274 e. The molecule has 5 heteroatoms. The lowest BCUT2D eigenvalue weighted by Crippen LogP contribution is -1.95. The number of fused-ring (bicyclic) bond motifs is 1. The Morgan fingerprint density at radius 2 is 1.61 bits per heavy atom. The summed E-state index contributed by atoms with van der Waals surface area (Å²) in [5.41, 5.74) is 2.36. The number of hydrogen-bond donors (Lipinski definition) is 0. The van der Waals surface area contributed by atoms with E-state index in [9.17, 15) is 8.63 Å². The molecule has 0 saturated heterocycles. The Kier molecular flexibility index (Phi) is 4.77. The predicted octanol–water partition coefficient (Wildman–Crippen LogP) is 6.00. The number of nitrogens with zero attached hydrogens (tertiary/aromatic N) is 1. The van der Waals surface area contributed by atoms with E-state index in [0.717, 1.165) is 22.0 Å². The van der Waals surface area contributed by atoms with Gasteiger partial charge in [-0.15, -0.1) is 0 Å². The smallest absolute Gasteiger partial charge is 0.274 e. The van der Waals surface area contributed by atoms with Crippen LogP contribution in [0.3, 0.4) is 0 Å². The van der Waals surface area contributed by atoms with E-state index in [1.54, 1.807) is 18.2 Å². The molecule has 0 N–H and O–H groups in total. The zero-order chi connectivity index (χ0) is 16.2. The number of rotatable bonds is 4. The molecule has 0 bridgehead atoms. The Bertz CT molecular complexity index is 864. The normalized spacial score (nSPS) is 11.7. The summed E-state index contributed by atoms with van der Waals surface area (Å²) in [7, 11) is 0. The van der Waals surface area contributed by atoms with Gasteiger partial charge < -0.3 is 0 Å². The monoisotopic (exact) mass is 325 g/mol. The van der Waals surface area contributed by atoms with E-state index in [1.165, 1.54) is 0 Å². The van der Waals surface area contributed by atoms with Crippen molar-refractivity contribution >= 4 is 40.3 Å². The lowest BCUT2D eigenvalue weighted by Gasteiger charge is -2.07. The van der Waals surface area contributed by atoms with E-state index in [-0.39, 0.29) is 0 Å². The van der Waals surface area contributed by atoms with E-state index in [1.807, 2.05) is 43.3 Å². The molecule has 23 heavy (non-hydrogen) atoms. The van der Waals surface area contributed by atoms with E-state index >= 15 is 0 Å². The van der Waals surface area contributed by atoms with Crippen molar-refractivity contribution < 1.29 is 8.63 Å². The SMILES string of the molecule is CC(=Nc1ccccc1SB(F)F)c1ccc2ccccc2c1. The van der Waals surface area contributed by atoms with Crippen LogP contribution in [0.1, 0.15) is 12.5 Å². The van der Waals surface area contributed by atoms with Crippen LogP contribution in [0.5, 0.6) is 0 Å². The van der Waals surface area contributed by atoms with Gasteiger partial charge in [0.25, 0.3) is 0 Å². The Morgan fingerprint density at radius 1 is 0.913 bits per heavy atom. The molecule has 3 aromatic rings. The number of para-hydroxylation sites is 1. The van der Waals surface area contributed by atoms with Crippen LogP contribution in [-0.2, 0) is 0 Å². The molecular formula is C18H14BF2NS. The number of hydrogen-bond acceptors (Lipinski definition) is 2. The van der Waals surface area contributed by atoms with Crippen LogP contribution in [0.2, 0.25) is 0 Å². The first kappa shape index (κ1) is 15.7. The lowest BCUT2D eigenvalue weighted by atomic mass is 10.0. The van der Waals surface area contributed by atoms with Crippen molar-refractivity contribution in [3.63, 3.8) is 0 Å². The highest BCUT2D eigenvalue weighted by molar-refractivity contribution is 8.24. The van der Waals surface area contributed by atoms with Crippen LogP contribution in [0.25, 0.3) is 10.8 Å². The Labute approximate surface area is 138 Å². The fourth-order valence-corrected chi connectivity index (χ4v) is 2.99. The van der Waals surface area contributed by atoms with Gasteiger partial charge in [0, 0.05) is 10.6 Å².